The highest BCUT2D eigenvalue weighted by atomic mass is 16.3. The second-order valence-corrected chi connectivity index (χ2v) is 5.15. The van der Waals surface area contributed by atoms with Gasteiger partial charge in [0.05, 0.1) is 11.7 Å². The molecule has 3 aromatic rings. The molecule has 0 fully saturated rings. The van der Waals surface area contributed by atoms with E-state index in [9.17, 15) is 5.11 Å². The molecule has 0 radical (unpaired) electrons. The molecule has 110 valence electrons. The Kier molecular flexibility index (Phi) is 4.47. The van der Waals surface area contributed by atoms with E-state index in [1.807, 2.05) is 54.7 Å². The van der Waals surface area contributed by atoms with Crippen LogP contribution in [0, 0.1) is 0 Å². The summed E-state index contributed by atoms with van der Waals surface area (Å²) in [6.45, 7) is 0.705. The third-order valence-corrected chi connectivity index (χ3v) is 3.56. The molecule has 22 heavy (non-hydrogen) atoms. The Labute approximate surface area is 130 Å². The van der Waals surface area contributed by atoms with Crippen LogP contribution in [0.3, 0.4) is 0 Å². The van der Waals surface area contributed by atoms with Crippen molar-refractivity contribution in [3.05, 3.63) is 95.8 Å². The van der Waals surface area contributed by atoms with Crippen molar-refractivity contribution in [2.24, 2.45) is 0 Å². The second-order valence-electron chi connectivity index (χ2n) is 5.15. The molecule has 0 saturated heterocycles. The number of phenolic OH excluding ortho intramolecular Hbond substituents is 1. The molecule has 0 amide bonds. The average molecular weight is 290 g/mol. The Morgan fingerprint density at radius 2 is 1.59 bits per heavy atom. The van der Waals surface area contributed by atoms with Crippen molar-refractivity contribution in [3.8, 4) is 5.75 Å². The highest BCUT2D eigenvalue weighted by molar-refractivity contribution is 5.29. The standard InChI is InChI=1S/C19H18N2O/c22-17-11-9-15(10-12-17)14-21-19(16-6-2-1-3-7-16)18-8-4-5-13-20-18/h1-13,19,21-22H,14H2. The lowest BCUT2D eigenvalue weighted by Gasteiger charge is -2.19. The lowest BCUT2D eigenvalue weighted by Crippen LogP contribution is -2.22. The van der Waals surface area contributed by atoms with Gasteiger partial charge in [0.25, 0.3) is 0 Å². The van der Waals surface area contributed by atoms with Crippen LogP contribution in [-0.2, 0) is 6.54 Å². The van der Waals surface area contributed by atoms with Gasteiger partial charge in [-0.05, 0) is 35.4 Å². The number of pyridine rings is 1. The number of phenols is 1. The van der Waals surface area contributed by atoms with E-state index in [2.05, 4.69) is 22.4 Å². The molecular weight excluding hydrogens is 272 g/mol. The predicted molar refractivity (Wildman–Crippen MR) is 87.5 cm³/mol. The highest BCUT2D eigenvalue weighted by Crippen LogP contribution is 2.20. The Morgan fingerprint density at radius 1 is 0.864 bits per heavy atom. The van der Waals surface area contributed by atoms with Crippen LogP contribution in [0.15, 0.2) is 79.0 Å². The maximum absolute atomic E-state index is 9.36. The van der Waals surface area contributed by atoms with Gasteiger partial charge in [0.1, 0.15) is 5.75 Å². The smallest absolute Gasteiger partial charge is 0.115 e. The zero-order chi connectivity index (χ0) is 15.2. The largest absolute Gasteiger partial charge is 0.508 e. The molecule has 3 rings (SSSR count). The summed E-state index contributed by atoms with van der Waals surface area (Å²) in [5.41, 5.74) is 3.29. The number of rotatable bonds is 5. The molecule has 0 aliphatic rings. The van der Waals surface area contributed by atoms with Crippen LogP contribution in [-0.4, -0.2) is 10.1 Å². The number of aromatic hydroxyl groups is 1. The number of aromatic nitrogens is 1. The van der Waals surface area contributed by atoms with Crippen molar-refractivity contribution in [1.29, 1.82) is 0 Å². The summed E-state index contributed by atoms with van der Waals surface area (Å²) in [6, 6.07) is 23.5. The number of hydrogen-bond acceptors (Lipinski definition) is 3. The van der Waals surface area contributed by atoms with Gasteiger partial charge in [0.15, 0.2) is 0 Å². The van der Waals surface area contributed by atoms with E-state index in [-0.39, 0.29) is 11.8 Å². The zero-order valence-corrected chi connectivity index (χ0v) is 12.2. The first kappa shape index (κ1) is 14.3. The molecule has 3 nitrogen and oxygen atoms in total. The molecule has 1 unspecified atom stereocenters. The van der Waals surface area contributed by atoms with E-state index < -0.39 is 0 Å². The summed E-state index contributed by atoms with van der Waals surface area (Å²) in [7, 11) is 0. The fourth-order valence-corrected chi connectivity index (χ4v) is 2.42. The molecule has 1 aromatic heterocycles. The molecule has 0 saturated carbocycles. The van der Waals surface area contributed by atoms with Crippen LogP contribution in [0.25, 0.3) is 0 Å². The lowest BCUT2D eigenvalue weighted by molar-refractivity contribution is 0.475. The van der Waals surface area contributed by atoms with E-state index in [1.54, 1.807) is 12.1 Å². The molecule has 0 aliphatic carbocycles. The maximum atomic E-state index is 9.36. The topological polar surface area (TPSA) is 45.1 Å². The summed E-state index contributed by atoms with van der Waals surface area (Å²) in [5, 5.41) is 12.9. The molecule has 1 heterocycles. The fraction of sp³-hybridized carbons (Fsp3) is 0.105. The van der Waals surface area contributed by atoms with E-state index in [1.165, 1.54) is 5.56 Å². The summed E-state index contributed by atoms with van der Waals surface area (Å²) in [5.74, 6) is 0.285. The van der Waals surface area contributed by atoms with Gasteiger partial charge in [0.2, 0.25) is 0 Å². The number of nitrogens with one attached hydrogen (secondary N) is 1. The van der Waals surface area contributed by atoms with Crippen molar-refractivity contribution in [2.75, 3.05) is 0 Å². The molecule has 0 bridgehead atoms. The average Bonchev–Trinajstić information content (AvgIpc) is 2.59. The van der Waals surface area contributed by atoms with Gasteiger partial charge in [-0.25, -0.2) is 0 Å². The van der Waals surface area contributed by atoms with Crippen LogP contribution in [0.4, 0.5) is 0 Å². The van der Waals surface area contributed by atoms with E-state index in [4.69, 9.17) is 0 Å². The first-order valence-corrected chi connectivity index (χ1v) is 7.30. The second kappa shape index (κ2) is 6.87. The van der Waals surface area contributed by atoms with Gasteiger partial charge in [-0.15, -0.1) is 0 Å². The fourth-order valence-electron chi connectivity index (χ4n) is 2.42. The molecule has 0 aliphatic heterocycles. The minimum atomic E-state index is 0.0382. The van der Waals surface area contributed by atoms with Gasteiger partial charge < -0.3 is 10.4 Å². The van der Waals surface area contributed by atoms with Crippen molar-refractivity contribution in [1.82, 2.24) is 10.3 Å². The Morgan fingerprint density at radius 3 is 2.27 bits per heavy atom. The molecule has 2 aromatic carbocycles. The van der Waals surface area contributed by atoms with Crippen molar-refractivity contribution in [3.63, 3.8) is 0 Å². The molecule has 0 spiro atoms. The number of benzene rings is 2. The Hall–Kier alpha value is -2.65. The van der Waals surface area contributed by atoms with E-state index in [0.717, 1.165) is 11.3 Å². The maximum Gasteiger partial charge on any atom is 0.115 e. The number of hydrogen-bond donors (Lipinski definition) is 2. The normalized spacial score (nSPS) is 12.0. The summed E-state index contributed by atoms with van der Waals surface area (Å²) >= 11 is 0. The van der Waals surface area contributed by atoms with Gasteiger partial charge in [-0.3, -0.25) is 4.98 Å². The third kappa shape index (κ3) is 3.51. The monoisotopic (exact) mass is 290 g/mol. The Bertz CT molecular complexity index is 657. The summed E-state index contributed by atoms with van der Waals surface area (Å²) in [6.07, 6.45) is 1.81. The Balaban J connectivity index is 1.81. The zero-order valence-electron chi connectivity index (χ0n) is 12.2. The van der Waals surface area contributed by atoms with Crippen LogP contribution >= 0.6 is 0 Å². The molecular formula is C19H18N2O. The van der Waals surface area contributed by atoms with Gasteiger partial charge in [-0.2, -0.15) is 0 Å². The molecule has 2 N–H and O–H groups in total. The predicted octanol–water partition coefficient (Wildman–Crippen LogP) is 3.67. The first-order chi connectivity index (χ1) is 10.8. The summed E-state index contributed by atoms with van der Waals surface area (Å²) in [4.78, 5) is 4.48. The molecule has 3 heteroatoms. The van der Waals surface area contributed by atoms with Crippen LogP contribution in [0.5, 0.6) is 5.75 Å². The van der Waals surface area contributed by atoms with Crippen LogP contribution in [0.1, 0.15) is 22.9 Å². The van der Waals surface area contributed by atoms with Crippen LogP contribution < -0.4 is 5.32 Å². The van der Waals surface area contributed by atoms with Crippen molar-refractivity contribution < 1.29 is 5.11 Å². The molecule has 1 atom stereocenters. The quantitative estimate of drug-likeness (QED) is 0.753. The first-order valence-electron chi connectivity index (χ1n) is 7.30. The van der Waals surface area contributed by atoms with E-state index >= 15 is 0 Å². The van der Waals surface area contributed by atoms with Crippen molar-refractivity contribution >= 4 is 0 Å². The minimum absolute atomic E-state index is 0.0382. The van der Waals surface area contributed by atoms with Gasteiger partial charge in [0, 0.05) is 12.7 Å². The van der Waals surface area contributed by atoms with Gasteiger partial charge >= 0.3 is 0 Å². The van der Waals surface area contributed by atoms with E-state index in [0.29, 0.717) is 6.54 Å². The minimum Gasteiger partial charge on any atom is -0.508 e. The highest BCUT2D eigenvalue weighted by Gasteiger charge is 2.14. The summed E-state index contributed by atoms with van der Waals surface area (Å²) < 4.78 is 0. The lowest BCUT2D eigenvalue weighted by atomic mass is 10.0. The van der Waals surface area contributed by atoms with Crippen LogP contribution in [0.2, 0.25) is 0 Å². The van der Waals surface area contributed by atoms with Gasteiger partial charge in [-0.1, -0.05) is 48.5 Å². The number of nitrogens with zero attached hydrogens (tertiary/aromatic N) is 1. The third-order valence-electron chi connectivity index (χ3n) is 3.56. The SMILES string of the molecule is Oc1ccc(CNC(c2ccccc2)c2ccccn2)cc1. The van der Waals surface area contributed by atoms with Crippen molar-refractivity contribution in [2.45, 2.75) is 12.6 Å².